The minimum absolute atomic E-state index is 0.195. The van der Waals surface area contributed by atoms with E-state index >= 15 is 0 Å². The molecule has 1 aromatic carbocycles. The predicted molar refractivity (Wildman–Crippen MR) is 75.3 cm³/mol. The first-order valence-electron chi connectivity index (χ1n) is 6.76. The average Bonchev–Trinajstić information content (AvgIpc) is 2.88. The highest BCUT2D eigenvalue weighted by atomic mass is 19.1. The molecule has 4 heteroatoms. The van der Waals surface area contributed by atoms with E-state index < -0.39 is 0 Å². The lowest BCUT2D eigenvalue weighted by Gasteiger charge is -2.09. The molecule has 1 aromatic heterocycles. The van der Waals surface area contributed by atoms with E-state index in [9.17, 15) is 4.39 Å². The van der Waals surface area contributed by atoms with Crippen LogP contribution in [0.5, 0.6) is 0 Å². The monoisotopic (exact) mass is 261 g/mol. The van der Waals surface area contributed by atoms with E-state index in [1.807, 2.05) is 30.1 Å². The van der Waals surface area contributed by atoms with Crippen LogP contribution in [0.3, 0.4) is 0 Å². The van der Waals surface area contributed by atoms with Gasteiger partial charge in [0.05, 0.1) is 6.20 Å². The maximum Gasteiger partial charge on any atom is 0.123 e. The standard InChI is InChI=1S/C15H20FN3/c1-3-7-17-9-12-8-14(16)5-6-15(12)13-10-18-19(4-2)11-13/h5-6,8,10-11,17H,3-4,7,9H2,1-2H3. The molecule has 0 aliphatic rings. The summed E-state index contributed by atoms with van der Waals surface area (Å²) < 4.78 is 15.3. The van der Waals surface area contributed by atoms with Crippen LogP contribution in [-0.4, -0.2) is 16.3 Å². The van der Waals surface area contributed by atoms with Crippen LogP contribution in [-0.2, 0) is 13.1 Å². The van der Waals surface area contributed by atoms with E-state index in [4.69, 9.17) is 0 Å². The number of halogens is 1. The first-order valence-corrected chi connectivity index (χ1v) is 6.76. The average molecular weight is 261 g/mol. The smallest absolute Gasteiger partial charge is 0.123 e. The van der Waals surface area contributed by atoms with Crippen LogP contribution in [0.25, 0.3) is 11.1 Å². The van der Waals surface area contributed by atoms with Crippen LogP contribution >= 0.6 is 0 Å². The Balaban J connectivity index is 2.27. The van der Waals surface area contributed by atoms with Crippen molar-refractivity contribution in [3.8, 4) is 11.1 Å². The Morgan fingerprint density at radius 2 is 2.16 bits per heavy atom. The third-order valence-electron chi connectivity index (χ3n) is 3.08. The molecule has 0 spiro atoms. The minimum atomic E-state index is -0.195. The van der Waals surface area contributed by atoms with Gasteiger partial charge in [-0.25, -0.2) is 4.39 Å². The van der Waals surface area contributed by atoms with Gasteiger partial charge < -0.3 is 5.32 Å². The fourth-order valence-corrected chi connectivity index (χ4v) is 2.07. The molecule has 2 rings (SSSR count). The van der Waals surface area contributed by atoms with Crippen LogP contribution < -0.4 is 5.32 Å². The predicted octanol–water partition coefficient (Wildman–Crippen LogP) is 3.21. The summed E-state index contributed by atoms with van der Waals surface area (Å²) in [6.07, 6.45) is 4.90. The summed E-state index contributed by atoms with van der Waals surface area (Å²) in [5, 5.41) is 7.59. The third kappa shape index (κ3) is 3.41. The van der Waals surface area contributed by atoms with Gasteiger partial charge in [-0.05, 0) is 43.1 Å². The van der Waals surface area contributed by atoms with Crippen LogP contribution in [0, 0.1) is 5.82 Å². The van der Waals surface area contributed by atoms with Gasteiger partial charge in [0.1, 0.15) is 5.82 Å². The summed E-state index contributed by atoms with van der Waals surface area (Å²) in [5.74, 6) is -0.195. The number of aryl methyl sites for hydroxylation is 1. The van der Waals surface area contributed by atoms with E-state index in [1.54, 1.807) is 6.07 Å². The van der Waals surface area contributed by atoms with Crippen molar-refractivity contribution in [3.63, 3.8) is 0 Å². The van der Waals surface area contributed by atoms with Gasteiger partial charge in [-0.3, -0.25) is 4.68 Å². The molecular weight excluding hydrogens is 241 g/mol. The number of benzene rings is 1. The second kappa shape index (κ2) is 6.48. The van der Waals surface area contributed by atoms with Gasteiger partial charge >= 0.3 is 0 Å². The Bertz CT molecular complexity index is 534. The largest absolute Gasteiger partial charge is 0.313 e. The van der Waals surface area contributed by atoms with E-state index in [1.165, 1.54) is 6.07 Å². The maximum atomic E-state index is 13.4. The molecule has 0 saturated carbocycles. The van der Waals surface area contributed by atoms with Gasteiger partial charge in [0, 0.05) is 24.8 Å². The Morgan fingerprint density at radius 3 is 2.84 bits per heavy atom. The highest BCUT2D eigenvalue weighted by Crippen LogP contribution is 2.24. The van der Waals surface area contributed by atoms with Crippen molar-refractivity contribution in [1.82, 2.24) is 15.1 Å². The summed E-state index contributed by atoms with van der Waals surface area (Å²) in [7, 11) is 0. The van der Waals surface area contributed by atoms with Crippen LogP contribution in [0.15, 0.2) is 30.6 Å². The molecule has 1 N–H and O–H groups in total. The maximum absolute atomic E-state index is 13.4. The summed E-state index contributed by atoms with van der Waals surface area (Å²) in [6, 6.07) is 4.93. The molecule has 1 heterocycles. The van der Waals surface area contributed by atoms with Crippen molar-refractivity contribution in [3.05, 3.63) is 42.0 Å². The molecule has 0 atom stereocenters. The van der Waals surface area contributed by atoms with E-state index in [0.717, 1.165) is 36.2 Å². The molecule has 102 valence electrons. The second-order valence-corrected chi connectivity index (χ2v) is 4.56. The Hall–Kier alpha value is -1.68. The summed E-state index contributed by atoms with van der Waals surface area (Å²) >= 11 is 0. The van der Waals surface area contributed by atoms with Crippen LogP contribution in [0.1, 0.15) is 25.8 Å². The molecular formula is C15H20FN3. The van der Waals surface area contributed by atoms with Gasteiger partial charge in [0.2, 0.25) is 0 Å². The molecule has 0 unspecified atom stereocenters. The zero-order valence-corrected chi connectivity index (χ0v) is 11.5. The third-order valence-corrected chi connectivity index (χ3v) is 3.08. The highest BCUT2D eigenvalue weighted by molar-refractivity contribution is 5.66. The van der Waals surface area contributed by atoms with Crippen molar-refractivity contribution in [2.24, 2.45) is 0 Å². The van der Waals surface area contributed by atoms with Crippen molar-refractivity contribution < 1.29 is 4.39 Å². The van der Waals surface area contributed by atoms with Crippen molar-refractivity contribution >= 4 is 0 Å². The van der Waals surface area contributed by atoms with Gasteiger partial charge in [-0.15, -0.1) is 0 Å². The SMILES string of the molecule is CCCNCc1cc(F)ccc1-c1cnn(CC)c1. The number of aromatic nitrogens is 2. The fourth-order valence-electron chi connectivity index (χ4n) is 2.07. The zero-order valence-electron chi connectivity index (χ0n) is 11.5. The number of hydrogen-bond donors (Lipinski definition) is 1. The van der Waals surface area contributed by atoms with Crippen molar-refractivity contribution in [2.45, 2.75) is 33.4 Å². The number of rotatable bonds is 6. The van der Waals surface area contributed by atoms with Crippen LogP contribution in [0.2, 0.25) is 0 Å². The van der Waals surface area contributed by atoms with Gasteiger partial charge in [0.15, 0.2) is 0 Å². The topological polar surface area (TPSA) is 29.9 Å². The summed E-state index contributed by atoms with van der Waals surface area (Å²) in [4.78, 5) is 0. The normalized spacial score (nSPS) is 10.9. The molecule has 19 heavy (non-hydrogen) atoms. The number of hydrogen-bond acceptors (Lipinski definition) is 2. The molecule has 0 bridgehead atoms. The molecule has 0 aliphatic heterocycles. The zero-order chi connectivity index (χ0) is 13.7. The van der Waals surface area contributed by atoms with E-state index in [-0.39, 0.29) is 5.82 Å². The molecule has 0 fully saturated rings. The minimum Gasteiger partial charge on any atom is -0.313 e. The Kier molecular flexibility index (Phi) is 4.68. The highest BCUT2D eigenvalue weighted by Gasteiger charge is 2.08. The van der Waals surface area contributed by atoms with Gasteiger partial charge in [0.25, 0.3) is 0 Å². The van der Waals surface area contributed by atoms with E-state index in [2.05, 4.69) is 17.3 Å². The lowest BCUT2D eigenvalue weighted by Crippen LogP contribution is -2.14. The first kappa shape index (κ1) is 13.7. The molecule has 0 radical (unpaired) electrons. The fraction of sp³-hybridized carbons (Fsp3) is 0.400. The molecule has 0 aliphatic carbocycles. The Labute approximate surface area is 113 Å². The van der Waals surface area contributed by atoms with Gasteiger partial charge in [-0.2, -0.15) is 5.10 Å². The lowest BCUT2D eigenvalue weighted by atomic mass is 10.0. The van der Waals surface area contributed by atoms with Crippen molar-refractivity contribution in [2.75, 3.05) is 6.54 Å². The van der Waals surface area contributed by atoms with Gasteiger partial charge in [-0.1, -0.05) is 13.0 Å². The molecule has 3 nitrogen and oxygen atoms in total. The molecule has 0 saturated heterocycles. The summed E-state index contributed by atoms with van der Waals surface area (Å²) in [5.41, 5.74) is 3.06. The number of nitrogens with zero attached hydrogens (tertiary/aromatic N) is 2. The molecule has 0 amide bonds. The number of nitrogens with one attached hydrogen (secondary N) is 1. The van der Waals surface area contributed by atoms with E-state index in [0.29, 0.717) is 6.54 Å². The first-order chi connectivity index (χ1) is 9.24. The Morgan fingerprint density at radius 1 is 1.32 bits per heavy atom. The summed E-state index contributed by atoms with van der Waals surface area (Å²) in [6.45, 7) is 6.61. The quantitative estimate of drug-likeness (QED) is 0.809. The van der Waals surface area contributed by atoms with Crippen molar-refractivity contribution in [1.29, 1.82) is 0 Å². The lowest BCUT2D eigenvalue weighted by molar-refractivity contribution is 0.619. The molecule has 2 aromatic rings. The van der Waals surface area contributed by atoms with Crippen LogP contribution in [0.4, 0.5) is 4.39 Å². The second-order valence-electron chi connectivity index (χ2n) is 4.56.